The summed E-state index contributed by atoms with van der Waals surface area (Å²) in [5, 5.41) is 0. The maximum atomic E-state index is 6.18. The molecule has 8 heteroatoms. The third-order valence-corrected chi connectivity index (χ3v) is 6.70. The number of nitrogens with two attached hydrogens (primary N) is 1. The second kappa shape index (κ2) is 10.9. The third kappa shape index (κ3) is 6.31. The normalized spacial score (nSPS) is 21.3. The molecule has 0 bridgehead atoms. The number of pyridine rings is 1. The lowest BCUT2D eigenvalue weighted by Gasteiger charge is -2.32. The lowest BCUT2D eigenvalue weighted by molar-refractivity contribution is 0.00578. The predicted molar refractivity (Wildman–Crippen MR) is 131 cm³/mol. The molecule has 2 aliphatic rings. The van der Waals surface area contributed by atoms with E-state index in [9.17, 15) is 0 Å². The first-order valence-corrected chi connectivity index (χ1v) is 11.9. The molecule has 0 spiro atoms. The van der Waals surface area contributed by atoms with Crippen molar-refractivity contribution < 1.29 is 23.5 Å². The van der Waals surface area contributed by atoms with Gasteiger partial charge >= 0.3 is 7.12 Å². The van der Waals surface area contributed by atoms with E-state index in [4.69, 9.17) is 29.3 Å². The Morgan fingerprint density at radius 3 is 2.42 bits per heavy atom. The number of rotatable bonds is 9. The van der Waals surface area contributed by atoms with Crippen molar-refractivity contribution in [2.24, 2.45) is 5.92 Å². The van der Waals surface area contributed by atoms with Crippen molar-refractivity contribution in [2.45, 2.75) is 71.5 Å². The van der Waals surface area contributed by atoms with Crippen LogP contribution in [0.3, 0.4) is 0 Å². The van der Waals surface area contributed by atoms with E-state index in [0.717, 1.165) is 55.0 Å². The molecule has 1 aromatic rings. The van der Waals surface area contributed by atoms with E-state index in [2.05, 4.69) is 18.0 Å². The number of allylic oxidation sites excluding steroid dienone is 2. The van der Waals surface area contributed by atoms with Crippen LogP contribution in [-0.4, -0.2) is 50.2 Å². The minimum absolute atomic E-state index is 0.416. The minimum Gasteiger partial charge on any atom is -0.493 e. The van der Waals surface area contributed by atoms with Gasteiger partial charge in [0.15, 0.2) is 11.5 Å². The van der Waals surface area contributed by atoms with Crippen molar-refractivity contribution in [3.8, 4) is 0 Å². The zero-order chi connectivity index (χ0) is 24.1. The Morgan fingerprint density at radius 1 is 1.15 bits per heavy atom. The summed E-state index contributed by atoms with van der Waals surface area (Å²) in [6.07, 6.45) is 9.40. The highest BCUT2D eigenvalue weighted by atomic mass is 16.7. The highest BCUT2D eigenvalue weighted by molar-refractivity contribution is 6.63. The molecule has 7 nitrogen and oxygen atoms in total. The van der Waals surface area contributed by atoms with Crippen LogP contribution >= 0.6 is 0 Å². The van der Waals surface area contributed by atoms with Gasteiger partial charge in [0, 0.05) is 24.9 Å². The molecule has 3 rings (SSSR count). The van der Waals surface area contributed by atoms with Crippen molar-refractivity contribution in [3.05, 3.63) is 41.5 Å². The van der Waals surface area contributed by atoms with Crippen molar-refractivity contribution in [1.82, 2.24) is 4.98 Å². The van der Waals surface area contributed by atoms with Gasteiger partial charge in [-0.1, -0.05) is 13.0 Å². The predicted octanol–water partition coefficient (Wildman–Crippen LogP) is 3.77. The van der Waals surface area contributed by atoms with Crippen LogP contribution in [0.15, 0.2) is 35.9 Å². The first-order valence-electron chi connectivity index (χ1n) is 11.9. The summed E-state index contributed by atoms with van der Waals surface area (Å²) >= 11 is 0. The van der Waals surface area contributed by atoms with Gasteiger partial charge in [0.05, 0.1) is 24.9 Å². The van der Waals surface area contributed by atoms with Crippen LogP contribution in [0.25, 0.3) is 0 Å². The lowest BCUT2D eigenvalue weighted by Crippen LogP contribution is -2.41. The van der Waals surface area contributed by atoms with E-state index in [1.165, 1.54) is 0 Å². The number of hydrogen-bond acceptors (Lipinski definition) is 7. The molecule has 2 fully saturated rings. The largest absolute Gasteiger partial charge is 0.498 e. The number of ether oxygens (including phenoxy) is 3. The van der Waals surface area contributed by atoms with E-state index < -0.39 is 18.3 Å². The fourth-order valence-electron chi connectivity index (χ4n) is 3.84. The maximum absolute atomic E-state index is 6.18. The summed E-state index contributed by atoms with van der Waals surface area (Å²) in [7, 11) is 1.12. The number of aromatic nitrogens is 1. The standard InChI is InChI=1S/C25H39BN2O5/c1-7-8-22(31-17-18-11-13-30-14-12-18)21(29-6)10-9-19-15-20(23(27)28-16-19)26-32-24(2,3)25(4,5)33-26/h8,10,15-16,18H,7,9,11-14,17H2,1-6H3,(H2,27,28)/b21-10+,22-8+. The second-order valence-corrected chi connectivity index (χ2v) is 9.73. The summed E-state index contributed by atoms with van der Waals surface area (Å²) in [4.78, 5) is 4.39. The number of methoxy groups -OCH3 is 1. The molecular formula is C25H39BN2O5. The Labute approximate surface area is 198 Å². The summed E-state index contributed by atoms with van der Waals surface area (Å²) < 4.78 is 29.6. The minimum atomic E-state index is -0.549. The Bertz CT molecular complexity index is 846. The van der Waals surface area contributed by atoms with Crippen molar-refractivity contribution in [2.75, 3.05) is 32.7 Å². The zero-order valence-corrected chi connectivity index (χ0v) is 21.0. The molecular weight excluding hydrogens is 419 g/mol. The number of nitrogens with zero attached hydrogens (tertiary/aromatic N) is 1. The van der Waals surface area contributed by atoms with Crippen LogP contribution in [-0.2, 0) is 29.9 Å². The molecule has 1 aromatic heterocycles. The van der Waals surface area contributed by atoms with Gasteiger partial charge < -0.3 is 29.3 Å². The van der Waals surface area contributed by atoms with Gasteiger partial charge in [-0.15, -0.1) is 0 Å². The molecule has 0 amide bonds. The molecule has 3 heterocycles. The fourth-order valence-corrected chi connectivity index (χ4v) is 3.84. The van der Waals surface area contributed by atoms with Gasteiger partial charge in [0.1, 0.15) is 5.82 Å². The molecule has 2 saturated heterocycles. The molecule has 0 unspecified atom stereocenters. The molecule has 0 radical (unpaired) electrons. The van der Waals surface area contributed by atoms with Crippen molar-refractivity contribution in [3.63, 3.8) is 0 Å². The van der Waals surface area contributed by atoms with Crippen LogP contribution in [0, 0.1) is 5.92 Å². The molecule has 2 N–H and O–H groups in total. The highest BCUT2D eigenvalue weighted by Gasteiger charge is 2.52. The van der Waals surface area contributed by atoms with Crippen molar-refractivity contribution >= 4 is 18.4 Å². The second-order valence-electron chi connectivity index (χ2n) is 9.73. The Morgan fingerprint density at radius 2 is 1.82 bits per heavy atom. The Kier molecular flexibility index (Phi) is 8.48. The zero-order valence-electron chi connectivity index (χ0n) is 21.0. The topological polar surface area (TPSA) is 85.1 Å². The smallest absolute Gasteiger partial charge is 0.493 e. The molecule has 33 heavy (non-hydrogen) atoms. The highest BCUT2D eigenvalue weighted by Crippen LogP contribution is 2.36. The fraction of sp³-hybridized carbons (Fsp3) is 0.640. The van der Waals surface area contributed by atoms with Crippen LogP contribution in [0.4, 0.5) is 5.82 Å². The van der Waals surface area contributed by atoms with Gasteiger partial charge in [-0.05, 0) is 77.0 Å². The van der Waals surface area contributed by atoms with Crippen molar-refractivity contribution in [1.29, 1.82) is 0 Å². The summed E-state index contributed by atoms with van der Waals surface area (Å²) in [5.74, 6) is 2.43. The third-order valence-electron chi connectivity index (χ3n) is 6.70. The van der Waals surface area contributed by atoms with Gasteiger partial charge in [0.25, 0.3) is 0 Å². The van der Waals surface area contributed by atoms with Gasteiger partial charge in [0.2, 0.25) is 0 Å². The summed E-state index contributed by atoms with van der Waals surface area (Å²) in [5.41, 5.74) is 7.04. The quantitative estimate of drug-likeness (QED) is 0.343. The molecule has 182 valence electrons. The first kappa shape index (κ1) is 25.6. The molecule has 0 aromatic carbocycles. The van der Waals surface area contributed by atoms with Gasteiger partial charge in [-0.3, -0.25) is 0 Å². The average molecular weight is 458 g/mol. The van der Waals surface area contributed by atoms with Gasteiger partial charge in [-0.2, -0.15) is 0 Å². The van der Waals surface area contributed by atoms with Crippen LogP contribution < -0.4 is 11.2 Å². The van der Waals surface area contributed by atoms with Gasteiger partial charge in [-0.25, -0.2) is 4.98 Å². The molecule has 0 aliphatic carbocycles. The maximum Gasteiger partial charge on any atom is 0.498 e. The van der Waals surface area contributed by atoms with Crippen LogP contribution in [0.2, 0.25) is 0 Å². The Hall–Kier alpha value is -2.03. The van der Waals surface area contributed by atoms with Crippen LogP contribution in [0.5, 0.6) is 0 Å². The first-order chi connectivity index (χ1) is 15.7. The summed E-state index contributed by atoms with van der Waals surface area (Å²) in [6.45, 7) is 12.5. The molecule has 2 aliphatic heterocycles. The number of nitrogen functional groups attached to an aromatic ring is 1. The average Bonchev–Trinajstić information content (AvgIpc) is 3.00. The SMILES string of the molecule is CC/C=C(OCC1CCOCC1)\C(=C/Cc1cnc(N)c(B2OC(C)(C)C(C)(C)O2)c1)OC. The molecule has 0 saturated carbocycles. The lowest BCUT2D eigenvalue weighted by atomic mass is 9.78. The Balaban J connectivity index is 1.72. The van der Waals surface area contributed by atoms with E-state index in [1.54, 1.807) is 13.3 Å². The number of hydrogen-bond donors (Lipinski definition) is 1. The van der Waals surface area contributed by atoms with E-state index in [-0.39, 0.29) is 0 Å². The van der Waals surface area contributed by atoms with E-state index in [1.807, 2.05) is 39.8 Å². The van der Waals surface area contributed by atoms with E-state index in [0.29, 0.717) is 24.8 Å². The summed E-state index contributed by atoms with van der Waals surface area (Å²) in [6, 6.07) is 2.00. The van der Waals surface area contributed by atoms with E-state index >= 15 is 0 Å². The van der Waals surface area contributed by atoms with Crippen LogP contribution in [0.1, 0.15) is 59.4 Å². The monoisotopic (exact) mass is 458 g/mol. The molecule has 0 atom stereocenters. The number of anilines is 1.